The van der Waals surface area contributed by atoms with E-state index in [0.717, 1.165) is 4.88 Å². The summed E-state index contributed by atoms with van der Waals surface area (Å²) in [4.78, 5) is 29.0. The van der Waals surface area contributed by atoms with Crippen LogP contribution in [0.4, 0.5) is 4.39 Å². The van der Waals surface area contributed by atoms with Crippen LogP contribution < -0.4 is 0 Å². The molecule has 1 saturated heterocycles. The average molecular weight is 367 g/mol. The van der Waals surface area contributed by atoms with E-state index in [1.807, 2.05) is 6.07 Å². The molecule has 7 heteroatoms. The molecule has 2 aromatic rings. The zero-order valence-corrected chi connectivity index (χ0v) is 14.4. The van der Waals surface area contributed by atoms with Crippen molar-refractivity contribution < 1.29 is 14.0 Å². The van der Waals surface area contributed by atoms with Gasteiger partial charge in [0.05, 0.1) is 10.8 Å². The molecule has 1 fully saturated rings. The highest BCUT2D eigenvalue weighted by Crippen LogP contribution is 2.22. The molecule has 0 atom stereocenters. The molecule has 1 aliphatic rings. The van der Waals surface area contributed by atoms with E-state index < -0.39 is 5.82 Å². The van der Waals surface area contributed by atoms with Crippen LogP contribution in [0.1, 0.15) is 15.2 Å². The molecule has 2 heterocycles. The first-order valence-electron chi connectivity index (χ1n) is 7.60. The Hall–Kier alpha value is -1.92. The number of nitrogens with zero attached hydrogens (tertiary/aromatic N) is 2. The van der Waals surface area contributed by atoms with Gasteiger partial charge in [0.25, 0.3) is 5.91 Å². The normalized spacial score (nSPS) is 14.8. The molecular formula is C17H16ClFN2O2S. The lowest BCUT2D eigenvalue weighted by molar-refractivity contribution is -0.131. The van der Waals surface area contributed by atoms with Crippen molar-refractivity contribution in [3.63, 3.8) is 0 Å². The summed E-state index contributed by atoms with van der Waals surface area (Å²) in [5.41, 5.74) is 0.336. The van der Waals surface area contributed by atoms with Gasteiger partial charge in [-0.05, 0) is 30.3 Å². The lowest BCUT2D eigenvalue weighted by atomic mass is 10.1. The minimum Gasteiger partial charge on any atom is -0.339 e. The summed E-state index contributed by atoms with van der Waals surface area (Å²) in [6.45, 7) is 1.87. The second-order valence-corrected chi connectivity index (χ2v) is 7.37. The van der Waals surface area contributed by atoms with Gasteiger partial charge in [0.15, 0.2) is 0 Å². The number of amides is 2. The number of hydrogen-bond donors (Lipinski definition) is 0. The third kappa shape index (κ3) is 3.94. The fourth-order valence-electron chi connectivity index (χ4n) is 2.67. The molecule has 0 N–H and O–H groups in total. The first-order chi connectivity index (χ1) is 11.5. The lowest BCUT2D eigenvalue weighted by Gasteiger charge is -2.34. The van der Waals surface area contributed by atoms with Crippen LogP contribution in [0.15, 0.2) is 36.4 Å². The maximum Gasteiger partial charge on any atom is 0.254 e. The second-order valence-electron chi connectivity index (χ2n) is 5.57. The Balaban J connectivity index is 1.55. The van der Waals surface area contributed by atoms with Crippen molar-refractivity contribution in [1.29, 1.82) is 0 Å². The van der Waals surface area contributed by atoms with Crippen molar-refractivity contribution in [2.75, 3.05) is 26.2 Å². The van der Waals surface area contributed by atoms with Gasteiger partial charge in [-0.2, -0.15) is 0 Å². The van der Waals surface area contributed by atoms with Gasteiger partial charge >= 0.3 is 0 Å². The zero-order chi connectivity index (χ0) is 17.1. The van der Waals surface area contributed by atoms with Crippen LogP contribution in [0.25, 0.3) is 0 Å². The van der Waals surface area contributed by atoms with Crippen LogP contribution in [0, 0.1) is 5.82 Å². The Morgan fingerprint density at radius 1 is 1.08 bits per heavy atom. The molecule has 0 unspecified atom stereocenters. The molecule has 0 saturated carbocycles. The SMILES string of the molecule is O=C(Cc1ccc(Cl)s1)N1CCN(C(=O)c2cccc(F)c2)CC1. The number of benzene rings is 1. The van der Waals surface area contributed by atoms with Crippen molar-refractivity contribution in [3.05, 3.63) is 57.0 Å². The topological polar surface area (TPSA) is 40.6 Å². The van der Waals surface area contributed by atoms with Gasteiger partial charge in [0.2, 0.25) is 5.91 Å². The van der Waals surface area contributed by atoms with Crippen molar-refractivity contribution >= 4 is 34.8 Å². The Labute approximate surface area is 148 Å². The van der Waals surface area contributed by atoms with Crippen molar-refractivity contribution in [3.8, 4) is 0 Å². The molecule has 0 spiro atoms. The van der Waals surface area contributed by atoms with Crippen LogP contribution in [0.2, 0.25) is 4.34 Å². The number of halogens is 2. The highest BCUT2D eigenvalue weighted by molar-refractivity contribution is 7.16. The fraction of sp³-hybridized carbons (Fsp3) is 0.294. The molecule has 126 valence electrons. The maximum atomic E-state index is 13.2. The molecule has 0 aliphatic carbocycles. The van der Waals surface area contributed by atoms with Gasteiger partial charge < -0.3 is 9.80 Å². The number of rotatable bonds is 3. The van der Waals surface area contributed by atoms with E-state index in [0.29, 0.717) is 42.5 Å². The lowest BCUT2D eigenvalue weighted by Crippen LogP contribution is -2.51. The quantitative estimate of drug-likeness (QED) is 0.837. The van der Waals surface area contributed by atoms with Crippen LogP contribution in [0.3, 0.4) is 0 Å². The minimum absolute atomic E-state index is 0.0337. The predicted molar refractivity (Wildman–Crippen MR) is 91.9 cm³/mol. The van der Waals surface area contributed by atoms with Crippen LogP contribution in [-0.2, 0) is 11.2 Å². The highest BCUT2D eigenvalue weighted by Gasteiger charge is 2.25. The van der Waals surface area contributed by atoms with E-state index >= 15 is 0 Å². The van der Waals surface area contributed by atoms with E-state index in [1.54, 1.807) is 21.9 Å². The van der Waals surface area contributed by atoms with Crippen molar-refractivity contribution in [2.24, 2.45) is 0 Å². The van der Waals surface area contributed by atoms with E-state index in [-0.39, 0.29) is 11.8 Å². The molecule has 1 aromatic heterocycles. The van der Waals surface area contributed by atoms with Crippen molar-refractivity contribution in [1.82, 2.24) is 9.80 Å². The summed E-state index contributed by atoms with van der Waals surface area (Å²) in [7, 11) is 0. The summed E-state index contributed by atoms with van der Waals surface area (Å²) in [6.07, 6.45) is 0.329. The summed E-state index contributed by atoms with van der Waals surface area (Å²) in [5, 5.41) is 0. The molecule has 2 amide bonds. The molecule has 1 aromatic carbocycles. The maximum absolute atomic E-state index is 13.2. The van der Waals surface area contributed by atoms with Gasteiger partial charge in [0.1, 0.15) is 5.82 Å². The van der Waals surface area contributed by atoms with Gasteiger partial charge in [0, 0.05) is 36.6 Å². The zero-order valence-electron chi connectivity index (χ0n) is 12.9. The van der Waals surface area contributed by atoms with Crippen LogP contribution >= 0.6 is 22.9 Å². The van der Waals surface area contributed by atoms with E-state index in [9.17, 15) is 14.0 Å². The molecular weight excluding hydrogens is 351 g/mol. The first kappa shape index (κ1) is 16.9. The predicted octanol–water partition coefficient (Wildman–Crippen LogP) is 3.07. The number of hydrogen-bond acceptors (Lipinski definition) is 3. The smallest absolute Gasteiger partial charge is 0.254 e. The Kier molecular flexibility index (Phi) is 5.16. The number of thiophene rings is 1. The van der Waals surface area contributed by atoms with Gasteiger partial charge in [-0.15, -0.1) is 11.3 Å². The molecule has 3 rings (SSSR count). The van der Waals surface area contributed by atoms with Gasteiger partial charge in [-0.1, -0.05) is 17.7 Å². The number of carbonyl (C=O) groups is 2. The molecule has 24 heavy (non-hydrogen) atoms. The standard InChI is InChI=1S/C17H16ClFN2O2S/c18-15-5-4-14(24-15)11-16(22)20-6-8-21(9-7-20)17(23)12-2-1-3-13(19)10-12/h1-5,10H,6-9,11H2. The summed E-state index contributed by atoms with van der Waals surface area (Å²) in [6, 6.07) is 9.31. The molecule has 0 radical (unpaired) electrons. The summed E-state index contributed by atoms with van der Waals surface area (Å²) >= 11 is 7.28. The monoisotopic (exact) mass is 366 g/mol. The molecule has 1 aliphatic heterocycles. The van der Waals surface area contributed by atoms with Crippen LogP contribution in [0.5, 0.6) is 0 Å². The summed E-state index contributed by atoms with van der Waals surface area (Å²) < 4.78 is 13.9. The highest BCUT2D eigenvalue weighted by atomic mass is 35.5. The Bertz CT molecular complexity index is 757. The fourth-order valence-corrected chi connectivity index (χ4v) is 3.75. The van der Waals surface area contributed by atoms with E-state index in [2.05, 4.69) is 0 Å². The van der Waals surface area contributed by atoms with E-state index in [1.165, 1.54) is 29.5 Å². The second kappa shape index (κ2) is 7.32. The Morgan fingerprint density at radius 3 is 2.42 bits per heavy atom. The Morgan fingerprint density at radius 2 is 1.79 bits per heavy atom. The van der Waals surface area contributed by atoms with Crippen molar-refractivity contribution in [2.45, 2.75) is 6.42 Å². The van der Waals surface area contributed by atoms with Crippen LogP contribution in [-0.4, -0.2) is 47.8 Å². The first-order valence-corrected chi connectivity index (χ1v) is 8.79. The van der Waals surface area contributed by atoms with Gasteiger partial charge in [-0.25, -0.2) is 4.39 Å². The third-order valence-corrected chi connectivity index (χ3v) is 5.18. The molecule has 4 nitrogen and oxygen atoms in total. The van der Waals surface area contributed by atoms with E-state index in [4.69, 9.17) is 11.6 Å². The van der Waals surface area contributed by atoms with Gasteiger partial charge in [-0.3, -0.25) is 9.59 Å². The summed E-state index contributed by atoms with van der Waals surface area (Å²) in [5.74, 6) is -0.595. The third-order valence-electron chi connectivity index (χ3n) is 3.95. The minimum atomic E-state index is -0.427. The number of carbonyl (C=O) groups excluding carboxylic acids is 2. The molecule has 0 bridgehead atoms. The largest absolute Gasteiger partial charge is 0.339 e. The average Bonchev–Trinajstić information content (AvgIpc) is 2.99. The number of piperazine rings is 1.